The second kappa shape index (κ2) is 7.53. The summed E-state index contributed by atoms with van der Waals surface area (Å²) in [4.78, 5) is 19.1. The van der Waals surface area contributed by atoms with E-state index < -0.39 is 22.0 Å². The Kier molecular flexibility index (Phi) is 6.31. The van der Waals surface area contributed by atoms with Crippen molar-refractivity contribution in [2.24, 2.45) is 11.8 Å². The highest BCUT2D eigenvalue weighted by Gasteiger charge is 2.33. The Morgan fingerprint density at radius 3 is 1.86 bits per heavy atom. The molecule has 0 radical (unpaired) electrons. The fourth-order valence-electron chi connectivity index (χ4n) is 2.47. The van der Waals surface area contributed by atoms with E-state index in [4.69, 9.17) is 10.2 Å². The van der Waals surface area contributed by atoms with Crippen molar-refractivity contribution in [3.8, 4) is 0 Å². The number of rotatable bonds is 3. The van der Waals surface area contributed by atoms with Crippen molar-refractivity contribution in [3.63, 3.8) is 0 Å². The summed E-state index contributed by atoms with van der Waals surface area (Å²) in [6.45, 7) is 3.37. The monoisotopic (exact) mass is 320 g/mol. The lowest BCUT2D eigenvalue weighted by molar-refractivity contribution is -0.134. The Morgan fingerprint density at radius 2 is 1.52 bits per heavy atom. The first-order valence-corrected chi connectivity index (χ1v) is 8.33. The predicted octanol–water partition coefficient (Wildman–Crippen LogP) is -0.801. The van der Waals surface area contributed by atoms with Crippen LogP contribution < -0.4 is 5.32 Å². The number of aliphatic carboxylic acids is 2. The molecule has 21 heavy (non-hydrogen) atoms. The van der Waals surface area contributed by atoms with Crippen LogP contribution in [0.25, 0.3) is 0 Å². The quantitative estimate of drug-likeness (QED) is 0.581. The Bertz CT molecular complexity index is 488. The summed E-state index contributed by atoms with van der Waals surface area (Å²) < 4.78 is 24.3. The molecule has 0 aromatic rings. The van der Waals surface area contributed by atoms with Crippen LogP contribution in [0.4, 0.5) is 0 Å². The van der Waals surface area contributed by atoms with E-state index in [0.29, 0.717) is 37.1 Å². The summed E-state index contributed by atoms with van der Waals surface area (Å²) in [6.07, 6.45) is 3.62. The summed E-state index contributed by atoms with van der Waals surface area (Å²) in [5.41, 5.74) is 0. The highest BCUT2D eigenvalue weighted by Crippen LogP contribution is 2.25. The molecule has 2 aliphatic rings. The van der Waals surface area contributed by atoms with Crippen LogP contribution in [-0.4, -0.2) is 67.3 Å². The van der Waals surface area contributed by atoms with Crippen LogP contribution in [0.1, 0.15) is 6.42 Å². The minimum Gasteiger partial charge on any atom is -0.478 e. The molecule has 120 valence electrons. The minimum absolute atomic E-state index is 0.530. The van der Waals surface area contributed by atoms with Crippen molar-refractivity contribution in [1.29, 1.82) is 0 Å². The zero-order valence-corrected chi connectivity index (χ0v) is 12.5. The first-order chi connectivity index (χ1) is 9.68. The zero-order chi connectivity index (χ0) is 16.0. The van der Waals surface area contributed by atoms with Crippen molar-refractivity contribution in [2.45, 2.75) is 6.42 Å². The standard InChI is InChI=1S/C8H16N2O2S.C4H4O4/c1-13(11,12)10-5-7-2-8(6-10)4-9-3-7;5-3(6)1-2-4(7)8/h7-9H,2-6H2,1H3;1-2H,(H,5,6)(H,7,8)/b;2-1+/t7-,8+;. The topological polar surface area (TPSA) is 124 Å². The average molecular weight is 320 g/mol. The summed E-state index contributed by atoms with van der Waals surface area (Å²) in [6, 6.07) is 0. The van der Waals surface area contributed by atoms with Gasteiger partial charge in [0.05, 0.1) is 6.26 Å². The molecule has 0 aromatic heterocycles. The number of nitrogens with one attached hydrogen (secondary N) is 1. The maximum atomic E-state index is 11.3. The van der Waals surface area contributed by atoms with Gasteiger partial charge in [0.25, 0.3) is 0 Å². The van der Waals surface area contributed by atoms with Crippen molar-refractivity contribution >= 4 is 22.0 Å². The first-order valence-electron chi connectivity index (χ1n) is 6.48. The number of sulfonamides is 1. The summed E-state index contributed by atoms with van der Waals surface area (Å²) in [7, 11) is -2.96. The molecule has 2 atom stereocenters. The van der Waals surface area contributed by atoms with Crippen LogP contribution >= 0.6 is 0 Å². The smallest absolute Gasteiger partial charge is 0.328 e. The number of fused-ring (bicyclic) bond motifs is 2. The lowest BCUT2D eigenvalue weighted by Gasteiger charge is -2.40. The molecule has 0 aliphatic carbocycles. The lowest BCUT2D eigenvalue weighted by atomic mass is 9.87. The van der Waals surface area contributed by atoms with Crippen molar-refractivity contribution < 1.29 is 28.2 Å². The molecule has 9 heteroatoms. The molecule has 0 saturated carbocycles. The first kappa shape index (κ1) is 17.6. The highest BCUT2D eigenvalue weighted by atomic mass is 32.2. The van der Waals surface area contributed by atoms with Crippen molar-refractivity contribution in [1.82, 2.24) is 9.62 Å². The normalized spacial score (nSPS) is 26.0. The number of piperidine rings is 2. The number of hydrogen-bond acceptors (Lipinski definition) is 5. The molecular weight excluding hydrogens is 300 g/mol. The third kappa shape index (κ3) is 6.69. The number of carbonyl (C=O) groups is 2. The van der Waals surface area contributed by atoms with E-state index in [1.807, 2.05) is 0 Å². The molecule has 2 heterocycles. The van der Waals surface area contributed by atoms with Crippen LogP contribution in [0.2, 0.25) is 0 Å². The lowest BCUT2D eigenvalue weighted by Crippen LogP contribution is -2.52. The predicted molar refractivity (Wildman–Crippen MR) is 75.3 cm³/mol. The molecule has 0 amide bonds. The Labute approximate surface area is 123 Å². The molecule has 2 fully saturated rings. The van der Waals surface area contributed by atoms with Gasteiger partial charge in [0.15, 0.2) is 0 Å². The molecule has 2 aliphatic heterocycles. The van der Waals surface area contributed by atoms with Crippen LogP contribution in [0.5, 0.6) is 0 Å². The molecule has 3 N–H and O–H groups in total. The van der Waals surface area contributed by atoms with E-state index in [-0.39, 0.29) is 0 Å². The van der Waals surface area contributed by atoms with Gasteiger partial charge in [-0.3, -0.25) is 0 Å². The maximum Gasteiger partial charge on any atom is 0.328 e. The molecule has 0 spiro atoms. The fourth-order valence-corrected chi connectivity index (χ4v) is 3.43. The number of nitrogens with zero attached hydrogens (tertiary/aromatic N) is 1. The SMILES string of the molecule is CS(=O)(=O)N1C[C@@H]2CNC[C@@H](C2)C1.O=C(O)/C=C/C(=O)O. The largest absolute Gasteiger partial charge is 0.478 e. The molecular formula is C12H20N2O6S. The Morgan fingerprint density at radius 1 is 1.10 bits per heavy atom. The molecule has 0 aromatic carbocycles. The van der Waals surface area contributed by atoms with E-state index in [1.54, 1.807) is 4.31 Å². The summed E-state index contributed by atoms with van der Waals surface area (Å²) >= 11 is 0. The number of carboxylic acid groups (broad SMARTS) is 2. The van der Waals surface area contributed by atoms with Gasteiger partial charge < -0.3 is 15.5 Å². The van der Waals surface area contributed by atoms with Gasteiger partial charge in [-0.25, -0.2) is 22.3 Å². The van der Waals surface area contributed by atoms with Crippen LogP contribution in [0.3, 0.4) is 0 Å². The molecule has 2 saturated heterocycles. The molecule has 2 bridgehead atoms. The van der Waals surface area contributed by atoms with E-state index >= 15 is 0 Å². The molecule has 0 unspecified atom stereocenters. The number of hydrogen-bond donors (Lipinski definition) is 3. The van der Waals surface area contributed by atoms with Crippen molar-refractivity contribution in [2.75, 3.05) is 32.4 Å². The van der Waals surface area contributed by atoms with Crippen LogP contribution in [0, 0.1) is 11.8 Å². The van der Waals surface area contributed by atoms with Crippen molar-refractivity contribution in [3.05, 3.63) is 12.2 Å². The zero-order valence-electron chi connectivity index (χ0n) is 11.7. The van der Waals surface area contributed by atoms with E-state index in [1.165, 1.54) is 12.7 Å². The number of carboxylic acids is 2. The van der Waals surface area contributed by atoms with Gasteiger partial charge in [-0.05, 0) is 31.3 Å². The van der Waals surface area contributed by atoms with Gasteiger partial charge in [0.2, 0.25) is 10.0 Å². The van der Waals surface area contributed by atoms with Gasteiger partial charge in [-0.1, -0.05) is 0 Å². The van der Waals surface area contributed by atoms with Crippen LogP contribution in [-0.2, 0) is 19.6 Å². The van der Waals surface area contributed by atoms with E-state index in [2.05, 4.69) is 5.32 Å². The van der Waals surface area contributed by atoms with Gasteiger partial charge in [0.1, 0.15) is 0 Å². The third-order valence-electron chi connectivity index (χ3n) is 3.29. The van der Waals surface area contributed by atoms with Crippen LogP contribution in [0.15, 0.2) is 12.2 Å². The van der Waals surface area contributed by atoms with Gasteiger partial charge >= 0.3 is 11.9 Å². The second-order valence-corrected chi connectivity index (χ2v) is 7.20. The Balaban J connectivity index is 0.000000240. The van der Waals surface area contributed by atoms with E-state index in [0.717, 1.165) is 13.1 Å². The maximum absolute atomic E-state index is 11.3. The third-order valence-corrected chi connectivity index (χ3v) is 4.53. The summed E-state index contributed by atoms with van der Waals surface area (Å²) in [5, 5.41) is 19.0. The second-order valence-electron chi connectivity index (χ2n) is 5.22. The molecule has 2 rings (SSSR count). The van der Waals surface area contributed by atoms with Gasteiger partial charge in [0, 0.05) is 25.2 Å². The highest BCUT2D eigenvalue weighted by molar-refractivity contribution is 7.88. The Hall–Kier alpha value is -1.45. The minimum atomic E-state index is -2.96. The van der Waals surface area contributed by atoms with Gasteiger partial charge in [-0.15, -0.1) is 0 Å². The van der Waals surface area contributed by atoms with E-state index in [9.17, 15) is 18.0 Å². The molecule has 8 nitrogen and oxygen atoms in total. The fraction of sp³-hybridized carbons (Fsp3) is 0.667. The summed E-state index contributed by atoms with van der Waals surface area (Å²) in [5.74, 6) is -1.45. The van der Waals surface area contributed by atoms with Gasteiger partial charge in [-0.2, -0.15) is 0 Å². The average Bonchev–Trinajstić information content (AvgIpc) is 2.35.